The summed E-state index contributed by atoms with van der Waals surface area (Å²) in [5, 5.41) is 2.54. The Hall–Kier alpha value is -0.470. The van der Waals surface area contributed by atoms with E-state index in [1.807, 2.05) is 11.8 Å². The van der Waals surface area contributed by atoms with E-state index in [1.165, 1.54) is 42.9 Å². The molecule has 0 unspecified atom stereocenters. The van der Waals surface area contributed by atoms with E-state index < -0.39 is 0 Å². The van der Waals surface area contributed by atoms with Crippen LogP contribution in [0, 0.1) is 0 Å². The molecule has 82 valence electrons. The number of nitrogens with two attached hydrogens (primary N) is 1. The summed E-state index contributed by atoms with van der Waals surface area (Å²) in [4.78, 5) is 1.41. The summed E-state index contributed by atoms with van der Waals surface area (Å²) in [7, 11) is 0. The SMILES string of the molecule is c1ccc(SCC[C@H]2CCCC[NH2+]2)cc1. The molecular formula is C13H20NS+. The zero-order chi connectivity index (χ0) is 10.3. The molecule has 2 rings (SSSR count). The highest BCUT2D eigenvalue weighted by Gasteiger charge is 2.15. The average Bonchev–Trinajstić information content (AvgIpc) is 2.32. The summed E-state index contributed by atoms with van der Waals surface area (Å²) in [5.74, 6) is 1.27. The van der Waals surface area contributed by atoms with Crippen LogP contribution >= 0.6 is 11.8 Å². The van der Waals surface area contributed by atoms with Crippen LogP contribution in [0.1, 0.15) is 25.7 Å². The van der Waals surface area contributed by atoms with Gasteiger partial charge in [-0.05, 0) is 31.4 Å². The van der Waals surface area contributed by atoms with Crippen molar-refractivity contribution in [1.29, 1.82) is 0 Å². The molecule has 1 heterocycles. The summed E-state index contributed by atoms with van der Waals surface area (Å²) < 4.78 is 0. The molecule has 1 atom stereocenters. The van der Waals surface area contributed by atoms with Crippen LogP contribution in [-0.2, 0) is 0 Å². The van der Waals surface area contributed by atoms with Crippen molar-refractivity contribution in [3.63, 3.8) is 0 Å². The van der Waals surface area contributed by atoms with Gasteiger partial charge in [0.2, 0.25) is 0 Å². The summed E-state index contributed by atoms with van der Waals surface area (Å²) in [6.45, 7) is 1.35. The number of benzene rings is 1. The molecule has 1 aromatic carbocycles. The third-order valence-electron chi connectivity index (χ3n) is 3.03. The fraction of sp³-hybridized carbons (Fsp3) is 0.538. The lowest BCUT2D eigenvalue weighted by Gasteiger charge is -2.19. The van der Waals surface area contributed by atoms with Crippen LogP contribution in [0.25, 0.3) is 0 Å². The van der Waals surface area contributed by atoms with Gasteiger partial charge in [-0.25, -0.2) is 0 Å². The van der Waals surface area contributed by atoms with Crippen molar-refractivity contribution < 1.29 is 5.32 Å². The van der Waals surface area contributed by atoms with Crippen molar-refractivity contribution in [3.8, 4) is 0 Å². The monoisotopic (exact) mass is 222 g/mol. The first kappa shape index (κ1) is 11.0. The summed E-state index contributed by atoms with van der Waals surface area (Å²) >= 11 is 1.99. The van der Waals surface area contributed by atoms with E-state index in [-0.39, 0.29) is 0 Å². The molecule has 2 heteroatoms. The fourth-order valence-corrected chi connectivity index (χ4v) is 3.14. The van der Waals surface area contributed by atoms with E-state index in [9.17, 15) is 0 Å². The van der Waals surface area contributed by atoms with Gasteiger partial charge in [-0.1, -0.05) is 18.2 Å². The normalized spacial score (nSPS) is 21.5. The zero-order valence-corrected chi connectivity index (χ0v) is 10.0. The van der Waals surface area contributed by atoms with Crippen LogP contribution in [0.3, 0.4) is 0 Å². The molecule has 0 aliphatic carbocycles. The quantitative estimate of drug-likeness (QED) is 0.773. The van der Waals surface area contributed by atoms with Crippen LogP contribution in [0.2, 0.25) is 0 Å². The van der Waals surface area contributed by atoms with Crippen molar-refractivity contribution >= 4 is 11.8 Å². The molecule has 0 spiro atoms. The van der Waals surface area contributed by atoms with Crippen molar-refractivity contribution in [2.75, 3.05) is 12.3 Å². The van der Waals surface area contributed by atoms with Gasteiger partial charge in [0.05, 0.1) is 12.6 Å². The number of quaternary nitrogens is 1. The molecule has 0 amide bonds. The molecule has 1 saturated heterocycles. The lowest BCUT2D eigenvalue weighted by atomic mass is 10.0. The van der Waals surface area contributed by atoms with Crippen LogP contribution < -0.4 is 5.32 Å². The predicted molar refractivity (Wildman–Crippen MR) is 66.2 cm³/mol. The molecule has 1 fully saturated rings. The maximum Gasteiger partial charge on any atom is 0.0867 e. The van der Waals surface area contributed by atoms with Gasteiger partial charge in [0.1, 0.15) is 0 Å². The largest absolute Gasteiger partial charge is 0.344 e. The Morgan fingerprint density at radius 1 is 1.20 bits per heavy atom. The molecule has 0 bridgehead atoms. The molecule has 1 aromatic rings. The maximum absolute atomic E-state index is 2.54. The molecular weight excluding hydrogens is 202 g/mol. The van der Waals surface area contributed by atoms with Crippen LogP contribution in [0.5, 0.6) is 0 Å². The Kier molecular flexibility index (Phi) is 4.55. The first-order chi connectivity index (χ1) is 7.45. The standard InChI is InChI=1S/C13H19NS/c1-2-7-13(8-3-1)15-11-9-12-6-4-5-10-14-12/h1-3,7-8,12,14H,4-6,9-11H2/p+1/t12-/m1/s1. The lowest BCUT2D eigenvalue weighted by Crippen LogP contribution is -2.91. The Morgan fingerprint density at radius 3 is 2.80 bits per heavy atom. The molecule has 1 nitrogen and oxygen atoms in total. The Morgan fingerprint density at radius 2 is 2.07 bits per heavy atom. The van der Waals surface area contributed by atoms with Gasteiger partial charge in [0.25, 0.3) is 0 Å². The molecule has 0 radical (unpaired) electrons. The second kappa shape index (κ2) is 6.19. The van der Waals surface area contributed by atoms with Crippen molar-refractivity contribution in [3.05, 3.63) is 30.3 Å². The van der Waals surface area contributed by atoms with Crippen molar-refractivity contribution in [1.82, 2.24) is 0 Å². The summed E-state index contributed by atoms with van der Waals surface area (Å²) in [5.41, 5.74) is 0. The van der Waals surface area contributed by atoms with E-state index >= 15 is 0 Å². The number of hydrogen-bond acceptors (Lipinski definition) is 1. The van der Waals surface area contributed by atoms with Gasteiger partial charge in [0.15, 0.2) is 0 Å². The average molecular weight is 222 g/mol. The smallest absolute Gasteiger partial charge is 0.0867 e. The van der Waals surface area contributed by atoms with Gasteiger partial charge < -0.3 is 5.32 Å². The highest BCUT2D eigenvalue weighted by molar-refractivity contribution is 7.99. The highest BCUT2D eigenvalue weighted by atomic mass is 32.2. The number of hydrogen-bond donors (Lipinski definition) is 1. The number of rotatable bonds is 4. The van der Waals surface area contributed by atoms with E-state index in [4.69, 9.17) is 0 Å². The zero-order valence-electron chi connectivity index (χ0n) is 9.19. The van der Waals surface area contributed by atoms with E-state index in [0.29, 0.717) is 0 Å². The third-order valence-corrected chi connectivity index (χ3v) is 4.07. The molecule has 1 aliphatic rings. The van der Waals surface area contributed by atoms with E-state index in [0.717, 1.165) is 6.04 Å². The van der Waals surface area contributed by atoms with Gasteiger partial charge in [-0.2, -0.15) is 0 Å². The number of piperidine rings is 1. The first-order valence-electron chi connectivity index (χ1n) is 5.96. The van der Waals surface area contributed by atoms with E-state index in [1.54, 1.807) is 0 Å². The second-order valence-corrected chi connectivity index (χ2v) is 5.40. The van der Waals surface area contributed by atoms with Gasteiger partial charge in [-0.3, -0.25) is 0 Å². The van der Waals surface area contributed by atoms with Gasteiger partial charge in [0, 0.05) is 17.1 Å². The fourth-order valence-electron chi connectivity index (χ4n) is 2.13. The molecule has 1 aliphatic heterocycles. The third kappa shape index (κ3) is 3.88. The Bertz CT molecular complexity index is 267. The minimum absolute atomic E-state index is 0.898. The van der Waals surface area contributed by atoms with Gasteiger partial charge >= 0.3 is 0 Å². The number of thioether (sulfide) groups is 1. The van der Waals surface area contributed by atoms with Crippen molar-refractivity contribution in [2.24, 2.45) is 0 Å². The van der Waals surface area contributed by atoms with Crippen LogP contribution in [-0.4, -0.2) is 18.3 Å². The Balaban J connectivity index is 1.66. The minimum Gasteiger partial charge on any atom is -0.344 e. The highest BCUT2D eigenvalue weighted by Crippen LogP contribution is 2.19. The van der Waals surface area contributed by atoms with E-state index in [2.05, 4.69) is 35.6 Å². The second-order valence-electron chi connectivity index (χ2n) is 4.23. The predicted octanol–water partition coefficient (Wildman–Crippen LogP) is 2.28. The first-order valence-corrected chi connectivity index (χ1v) is 6.95. The lowest BCUT2D eigenvalue weighted by molar-refractivity contribution is -0.697. The molecule has 0 aromatic heterocycles. The van der Waals surface area contributed by atoms with Crippen LogP contribution in [0.4, 0.5) is 0 Å². The minimum atomic E-state index is 0.898. The summed E-state index contributed by atoms with van der Waals surface area (Å²) in [6, 6.07) is 11.6. The van der Waals surface area contributed by atoms with Crippen molar-refractivity contribution in [2.45, 2.75) is 36.6 Å². The molecule has 15 heavy (non-hydrogen) atoms. The maximum atomic E-state index is 2.54. The summed E-state index contributed by atoms with van der Waals surface area (Å²) in [6.07, 6.45) is 5.65. The Labute approximate surface area is 96.7 Å². The van der Waals surface area contributed by atoms with Crippen LogP contribution in [0.15, 0.2) is 35.2 Å². The molecule has 0 saturated carbocycles. The van der Waals surface area contributed by atoms with Gasteiger partial charge in [-0.15, -0.1) is 11.8 Å². The topological polar surface area (TPSA) is 16.6 Å². The molecule has 2 N–H and O–H groups in total.